The predicted octanol–water partition coefficient (Wildman–Crippen LogP) is 3.34. The fourth-order valence-electron chi connectivity index (χ4n) is 3.20. The van der Waals surface area contributed by atoms with Gasteiger partial charge >= 0.3 is 0 Å². The summed E-state index contributed by atoms with van der Waals surface area (Å²) >= 11 is 11.9. The van der Waals surface area contributed by atoms with Gasteiger partial charge in [-0.15, -0.1) is 0 Å². The van der Waals surface area contributed by atoms with Crippen molar-refractivity contribution in [1.29, 1.82) is 0 Å². The van der Waals surface area contributed by atoms with E-state index in [-0.39, 0.29) is 28.3 Å². The number of halogens is 2. The second kappa shape index (κ2) is 6.03. The molecule has 2 saturated heterocycles. The molecule has 6 heteroatoms. The molecule has 0 bridgehead atoms. The summed E-state index contributed by atoms with van der Waals surface area (Å²) < 4.78 is 5.75. The van der Waals surface area contributed by atoms with Crippen molar-refractivity contribution in [3.8, 4) is 5.75 Å². The Labute approximate surface area is 133 Å². The Hall–Kier alpha value is -0.970. The number of phenols is 1. The smallest absolute Gasteiger partial charge is 0.259 e. The largest absolute Gasteiger partial charge is 0.507 e. The number of carbonyl (C=O) groups is 1. The maximum Gasteiger partial charge on any atom is 0.259 e. The lowest BCUT2D eigenvalue weighted by Gasteiger charge is -2.41. The third-order valence-electron chi connectivity index (χ3n) is 4.25. The Kier molecular flexibility index (Phi) is 4.29. The first-order chi connectivity index (χ1) is 10.1. The monoisotopic (exact) mass is 329 g/mol. The topological polar surface area (TPSA) is 49.8 Å². The van der Waals surface area contributed by atoms with Gasteiger partial charge in [0.25, 0.3) is 5.91 Å². The third kappa shape index (κ3) is 2.98. The van der Waals surface area contributed by atoms with E-state index in [2.05, 4.69) is 0 Å². The van der Waals surface area contributed by atoms with Crippen LogP contribution in [0.1, 0.15) is 29.6 Å². The van der Waals surface area contributed by atoms with E-state index >= 15 is 0 Å². The van der Waals surface area contributed by atoms with Gasteiger partial charge in [0.1, 0.15) is 5.75 Å². The second-order valence-corrected chi connectivity index (χ2v) is 6.48. The lowest BCUT2D eigenvalue weighted by atomic mass is 9.88. The molecule has 0 spiro atoms. The molecule has 3 rings (SSSR count). The van der Waals surface area contributed by atoms with Crippen molar-refractivity contribution in [3.05, 3.63) is 27.7 Å². The second-order valence-electron chi connectivity index (χ2n) is 5.63. The van der Waals surface area contributed by atoms with Crippen molar-refractivity contribution in [1.82, 2.24) is 4.90 Å². The maximum absolute atomic E-state index is 12.6. The number of piperidine rings is 1. The summed E-state index contributed by atoms with van der Waals surface area (Å²) in [7, 11) is 0. The highest BCUT2D eigenvalue weighted by molar-refractivity contribution is 6.37. The molecule has 2 atom stereocenters. The minimum atomic E-state index is -0.238. The molecule has 2 aliphatic rings. The highest BCUT2D eigenvalue weighted by Crippen LogP contribution is 2.34. The maximum atomic E-state index is 12.6. The van der Waals surface area contributed by atoms with Crippen LogP contribution in [-0.2, 0) is 4.74 Å². The van der Waals surface area contributed by atoms with Crippen molar-refractivity contribution in [3.63, 3.8) is 0 Å². The molecule has 114 valence electrons. The normalized spacial score (nSPS) is 25.5. The number of phenolic OH excluding ortho intramolecular Hbond substituents is 1. The van der Waals surface area contributed by atoms with E-state index in [1.807, 2.05) is 0 Å². The van der Waals surface area contributed by atoms with Crippen LogP contribution in [0.3, 0.4) is 0 Å². The van der Waals surface area contributed by atoms with Crippen molar-refractivity contribution in [2.45, 2.75) is 25.4 Å². The van der Waals surface area contributed by atoms with Crippen molar-refractivity contribution >= 4 is 29.1 Å². The summed E-state index contributed by atoms with van der Waals surface area (Å²) in [6, 6.07) is 2.82. The zero-order valence-electron chi connectivity index (χ0n) is 11.5. The highest BCUT2D eigenvalue weighted by atomic mass is 35.5. The average molecular weight is 330 g/mol. The van der Waals surface area contributed by atoms with Crippen molar-refractivity contribution in [2.24, 2.45) is 5.92 Å². The van der Waals surface area contributed by atoms with E-state index in [1.165, 1.54) is 12.1 Å². The van der Waals surface area contributed by atoms with Gasteiger partial charge in [-0.1, -0.05) is 23.2 Å². The Morgan fingerprint density at radius 3 is 2.90 bits per heavy atom. The molecule has 1 aromatic rings. The lowest BCUT2D eigenvalue weighted by Crippen LogP contribution is -2.48. The molecule has 0 aromatic heterocycles. The fraction of sp³-hybridized carbons (Fsp3) is 0.533. The van der Waals surface area contributed by atoms with Gasteiger partial charge in [0.05, 0.1) is 16.7 Å². The van der Waals surface area contributed by atoms with Crippen LogP contribution in [0, 0.1) is 5.92 Å². The van der Waals surface area contributed by atoms with E-state index in [9.17, 15) is 9.90 Å². The zero-order chi connectivity index (χ0) is 15.0. The first-order valence-corrected chi connectivity index (χ1v) is 7.90. The molecule has 0 aliphatic carbocycles. The zero-order valence-corrected chi connectivity index (χ0v) is 13.0. The summed E-state index contributed by atoms with van der Waals surface area (Å²) in [6.45, 7) is 2.10. The number of benzene rings is 1. The molecule has 2 fully saturated rings. The highest BCUT2D eigenvalue weighted by Gasteiger charge is 2.35. The number of rotatable bonds is 1. The quantitative estimate of drug-likeness (QED) is 0.859. The number of fused-ring (bicyclic) bond motifs is 1. The van der Waals surface area contributed by atoms with Crippen LogP contribution in [0.2, 0.25) is 10.0 Å². The van der Waals surface area contributed by atoms with Gasteiger partial charge in [0, 0.05) is 30.6 Å². The SMILES string of the molecule is O=C(c1c(O)cc(Cl)cc1Cl)N1CC[C@H]2OCCC[C@H]2C1. The van der Waals surface area contributed by atoms with Gasteiger partial charge in [-0.25, -0.2) is 0 Å². The average Bonchev–Trinajstić information content (AvgIpc) is 2.45. The molecular formula is C15H17Cl2NO3. The molecule has 1 aromatic carbocycles. The molecule has 21 heavy (non-hydrogen) atoms. The minimum Gasteiger partial charge on any atom is -0.507 e. The number of amides is 1. The number of hydrogen-bond acceptors (Lipinski definition) is 3. The number of aromatic hydroxyl groups is 1. The summed E-state index contributed by atoms with van der Waals surface area (Å²) in [5, 5.41) is 10.5. The molecule has 1 N–H and O–H groups in total. The summed E-state index contributed by atoms with van der Waals surface area (Å²) in [5.74, 6) is -0.0256. The number of carbonyl (C=O) groups excluding carboxylic acids is 1. The van der Waals surface area contributed by atoms with Crippen LogP contribution in [-0.4, -0.2) is 41.7 Å². The summed E-state index contributed by atoms with van der Waals surface area (Å²) in [4.78, 5) is 14.4. The minimum absolute atomic E-state index is 0.135. The Morgan fingerprint density at radius 1 is 1.33 bits per heavy atom. The van der Waals surface area contributed by atoms with Crippen LogP contribution in [0.4, 0.5) is 0 Å². The Balaban J connectivity index is 1.80. The van der Waals surface area contributed by atoms with Crippen LogP contribution in [0.25, 0.3) is 0 Å². The van der Waals surface area contributed by atoms with Crippen molar-refractivity contribution in [2.75, 3.05) is 19.7 Å². The van der Waals surface area contributed by atoms with Gasteiger partial charge in [0.2, 0.25) is 0 Å². The summed E-state index contributed by atoms with van der Waals surface area (Å²) in [5.41, 5.74) is 0.135. The van der Waals surface area contributed by atoms with Gasteiger partial charge < -0.3 is 14.7 Å². The Bertz CT molecular complexity index is 541. The molecular weight excluding hydrogens is 313 g/mol. The van der Waals surface area contributed by atoms with Crippen molar-refractivity contribution < 1.29 is 14.6 Å². The van der Waals surface area contributed by atoms with Gasteiger partial charge in [0.15, 0.2) is 0 Å². The van der Waals surface area contributed by atoms with E-state index in [4.69, 9.17) is 27.9 Å². The van der Waals surface area contributed by atoms with Crippen LogP contribution >= 0.6 is 23.2 Å². The van der Waals surface area contributed by atoms with Gasteiger partial charge in [-0.2, -0.15) is 0 Å². The van der Waals surface area contributed by atoms with E-state index in [0.717, 1.165) is 25.9 Å². The number of ether oxygens (including phenoxy) is 1. The number of nitrogens with zero attached hydrogens (tertiary/aromatic N) is 1. The first-order valence-electron chi connectivity index (χ1n) is 7.15. The molecule has 4 nitrogen and oxygen atoms in total. The molecule has 0 unspecified atom stereocenters. The van der Waals surface area contributed by atoms with E-state index in [1.54, 1.807) is 4.90 Å². The Morgan fingerprint density at radius 2 is 2.14 bits per heavy atom. The predicted molar refractivity (Wildman–Crippen MR) is 81.1 cm³/mol. The third-order valence-corrected chi connectivity index (χ3v) is 4.77. The number of hydrogen-bond donors (Lipinski definition) is 1. The fourth-order valence-corrected chi connectivity index (χ4v) is 3.77. The summed E-state index contributed by atoms with van der Waals surface area (Å²) in [6.07, 6.45) is 3.21. The van der Waals surface area contributed by atoms with Gasteiger partial charge in [-0.05, 0) is 31.4 Å². The first kappa shape index (κ1) is 14.9. The van der Waals surface area contributed by atoms with E-state index in [0.29, 0.717) is 24.0 Å². The molecule has 0 radical (unpaired) electrons. The van der Waals surface area contributed by atoms with Crippen LogP contribution < -0.4 is 0 Å². The van der Waals surface area contributed by atoms with Crippen LogP contribution in [0.5, 0.6) is 5.75 Å². The lowest BCUT2D eigenvalue weighted by molar-refractivity contribution is -0.0607. The van der Waals surface area contributed by atoms with Gasteiger partial charge in [-0.3, -0.25) is 4.79 Å². The molecule has 2 heterocycles. The molecule has 2 aliphatic heterocycles. The molecule has 1 amide bonds. The standard InChI is InChI=1S/C15H17Cl2NO3/c16-10-6-11(17)14(12(19)7-10)15(20)18-4-3-13-9(8-18)2-1-5-21-13/h6-7,9,13,19H,1-5,8H2/t9-,13+/m0/s1. The number of likely N-dealkylation sites (tertiary alicyclic amines) is 1. The van der Waals surface area contributed by atoms with E-state index < -0.39 is 0 Å². The molecule has 0 saturated carbocycles. The van der Waals surface area contributed by atoms with Crippen LogP contribution in [0.15, 0.2) is 12.1 Å².